The molecule has 0 fully saturated rings. The number of thiophene rings is 1. The van der Waals surface area contributed by atoms with E-state index in [1.807, 2.05) is 0 Å². The van der Waals surface area contributed by atoms with Gasteiger partial charge in [-0.15, -0.1) is 11.3 Å². The monoisotopic (exact) mass is 378 g/mol. The highest BCUT2D eigenvalue weighted by molar-refractivity contribution is 7.21. The molecule has 1 aromatic heterocycles. The van der Waals surface area contributed by atoms with Crippen LogP contribution in [-0.4, -0.2) is 17.9 Å². The minimum absolute atomic E-state index is 0.0397. The lowest BCUT2D eigenvalue weighted by atomic mass is 10.0. The van der Waals surface area contributed by atoms with Crippen molar-refractivity contribution in [3.63, 3.8) is 0 Å². The first-order valence-corrected chi connectivity index (χ1v) is 8.11. The number of nitrogens with one attached hydrogen (secondary N) is 1. The van der Waals surface area contributed by atoms with Crippen LogP contribution in [0.25, 0.3) is 10.1 Å². The van der Waals surface area contributed by atoms with Gasteiger partial charge in [-0.3, -0.25) is 9.59 Å². The van der Waals surface area contributed by atoms with Crippen molar-refractivity contribution in [3.05, 3.63) is 33.7 Å². The molecule has 0 aliphatic heterocycles. The predicted molar refractivity (Wildman–Crippen MR) is 87.1 cm³/mol. The predicted octanol–water partition coefficient (Wildman–Crippen LogP) is 3.81. The number of alkyl halides is 3. The van der Waals surface area contributed by atoms with Gasteiger partial charge in [-0.1, -0.05) is 31.5 Å². The summed E-state index contributed by atoms with van der Waals surface area (Å²) < 4.78 is 38.6. The molecule has 0 bridgehead atoms. The molecule has 0 aliphatic carbocycles. The van der Waals surface area contributed by atoms with Crippen molar-refractivity contribution < 1.29 is 22.8 Å². The molecule has 0 spiro atoms. The second-order valence-corrected chi connectivity index (χ2v) is 6.98. The van der Waals surface area contributed by atoms with Crippen molar-refractivity contribution in [2.24, 2.45) is 11.7 Å². The molecule has 1 atom stereocenters. The Bertz CT molecular complexity index is 802. The van der Waals surface area contributed by atoms with Gasteiger partial charge >= 0.3 is 6.18 Å². The molecule has 130 valence electrons. The number of rotatable bonds is 4. The second kappa shape index (κ2) is 6.60. The topological polar surface area (TPSA) is 72.2 Å². The van der Waals surface area contributed by atoms with Gasteiger partial charge < -0.3 is 11.1 Å². The summed E-state index contributed by atoms with van der Waals surface area (Å²) in [5.74, 6) is -1.58. The molecular weight excluding hydrogens is 365 g/mol. The first-order chi connectivity index (χ1) is 11.0. The van der Waals surface area contributed by atoms with E-state index in [0.717, 1.165) is 23.5 Å². The minimum atomic E-state index is -4.48. The van der Waals surface area contributed by atoms with Gasteiger partial charge in [0.1, 0.15) is 10.9 Å². The smallest absolute Gasteiger partial charge is 0.368 e. The Balaban J connectivity index is 2.40. The van der Waals surface area contributed by atoms with Gasteiger partial charge in [0.2, 0.25) is 5.91 Å². The van der Waals surface area contributed by atoms with Crippen molar-refractivity contribution >= 4 is 44.8 Å². The summed E-state index contributed by atoms with van der Waals surface area (Å²) in [6.45, 7) is 3.41. The van der Waals surface area contributed by atoms with E-state index in [0.29, 0.717) is 5.39 Å². The molecule has 0 saturated carbocycles. The third-order valence-electron chi connectivity index (χ3n) is 3.42. The standard InChI is InChI=1S/C15H14ClF3N2O2S/c1-6(2)11(13(20)22)21-14(23)12-10(16)8-4-3-7(15(17,18)19)5-9(8)24-12/h3-6,11H,1-2H3,(H2,20,22)(H,21,23)/t11-/m1/s1. The van der Waals surface area contributed by atoms with Gasteiger partial charge in [0.25, 0.3) is 5.91 Å². The van der Waals surface area contributed by atoms with Gasteiger partial charge in [0, 0.05) is 10.1 Å². The van der Waals surface area contributed by atoms with Crippen LogP contribution < -0.4 is 11.1 Å². The van der Waals surface area contributed by atoms with E-state index in [-0.39, 0.29) is 20.5 Å². The molecule has 9 heteroatoms. The van der Waals surface area contributed by atoms with Crippen molar-refractivity contribution in [2.75, 3.05) is 0 Å². The third kappa shape index (κ3) is 3.64. The molecule has 0 saturated heterocycles. The van der Waals surface area contributed by atoms with E-state index >= 15 is 0 Å². The molecule has 0 aliphatic rings. The third-order valence-corrected chi connectivity index (χ3v) is 5.08. The van der Waals surface area contributed by atoms with E-state index < -0.39 is 29.6 Å². The molecular formula is C15H14ClF3N2O2S. The first kappa shape index (κ1) is 18.5. The lowest BCUT2D eigenvalue weighted by Gasteiger charge is -2.18. The molecule has 1 heterocycles. The Hall–Kier alpha value is -1.80. The summed E-state index contributed by atoms with van der Waals surface area (Å²) in [6.07, 6.45) is -4.48. The molecule has 2 aromatic rings. The molecule has 2 amide bonds. The average molecular weight is 379 g/mol. The van der Waals surface area contributed by atoms with E-state index in [4.69, 9.17) is 17.3 Å². The molecule has 3 N–H and O–H groups in total. The zero-order valence-electron chi connectivity index (χ0n) is 12.7. The number of halogens is 4. The SMILES string of the molecule is CC(C)[C@@H](NC(=O)c1sc2cc(C(F)(F)F)ccc2c1Cl)C(N)=O. The first-order valence-electron chi connectivity index (χ1n) is 6.91. The molecule has 2 rings (SSSR count). The van der Waals surface area contributed by atoms with Gasteiger partial charge in [-0.25, -0.2) is 0 Å². The van der Waals surface area contributed by atoms with Crippen LogP contribution in [0.5, 0.6) is 0 Å². The summed E-state index contributed by atoms with van der Waals surface area (Å²) in [4.78, 5) is 23.7. The Labute approximate surface area is 144 Å². The maximum Gasteiger partial charge on any atom is 0.416 e. The summed E-state index contributed by atoms with van der Waals surface area (Å²) in [5, 5.41) is 2.87. The highest BCUT2D eigenvalue weighted by Crippen LogP contribution is 2.39. The summed E-state index contributed by atoms with van der Waals surface area (Å²) in [6, 6.07) is 2.17. The number of amides is 2. The van der Waals surface area contributed by atoms with Crippen LogP contribution in [-0.2, 0) is 11.0 Å². The molecule has 1 aromatic carbocycles. The van der Waals surface area contributed by atoms with E-state index in [1.165, 1.54) is 6.07 Å². The summed E-state index contributed by atoms with van der Waals surface area (Å²) in [7, 11) is 0. The Morgan fingerprint density at radius 2 is 1.92 bits per heavy atom. The van der Waals surface area contributed by atoms with Gasteiger partial charge in [0.05, 0.1) is 10.6 Å². The largest absolute Gasteiger partial charge is 0.416 e. The number of benzene rings is 1. The van der Waals surface area contributed by atoms with Crippen molar-refractivity contribution in [1.29, 1.82) is 0 Å². The number of primary amides is 1. The lowest BCUT2D eigenvalue weighted by molar-refractivity contribution is -0.137. The number of hydrogen-bond acceptors (Lipinski definition) is 3. The Morgan fingerprint density at radius 3 is 2.42 bits per heavy atom. The quantitative estimate of drug-likeness (QED) is 0.849. The summed E-state index contributed by atoms with van der Waals surface area (Å²) >= 11 is 6.94. The van der Waals surface area contributed by atoms with Crippen molar-refractivity contribution in [1.82, 2.24) is 5.32 Å². The Kier molecular flexibility index (Phi) is 5.10. The number of carbonyl (C=O) groups excluding carboxylic acids is 2. The van der Waals surface area contributed by atoms with Gasteiger partial charge in [0.15, 0.2) is 0 Å². The van der Waals surface area contributed by atoms with Crippen LogP contribution in [0.1, 0.15) is 29.1 Å². The van der Waals surface area contributed by atoms with Crippen LogP contribution in [0.3, 0.4) is 0 Å². The van der Waals surface area contributed by atoms with E-state index in [9.17, 15) is 22.8 Å². The average Bonchev–Trinajstić information content (AvgIpc) is 2.79. The minimum Gasteiger partial charge on any atom is -0.368 e. The molecule has 0 unspecified atom stereocenters. The number of nitrogens with two attached hydrogens (primary N) is 1. The molecule has 24 heavy (non-hydrogen) atoms. The highest BCUT2D eigenvalue weighted by atomic mass is 35.5. The van der Waals surface area contributed by atoms with Crippen molar-refractivity contribution in [2.45, 2.75) is 26.1 Å². The second-order valence-electron chi connectivity index (χ2n) is 5.55. The zero-order valence-corrected chi connectivity index (χ0v) is 14.3. The molecule has 0 radical (unpaired) electrons. The maximum atomic E-state index is 12.8. The highest BCUT2D eigenvalue weighted by Gasteiger charge is 2.31. The fourth-order valence-electron chi connectivity index (χ4n) is 2.16. The van der Waals surface area contributed by atoms with Crippen LogP contribution in [0.2, 0.25) is 5.02 Å². The van der Waals surface area contributed by atoms with E-state index in [1.54, 1.807) is 13.8 Å². The zero-order chi connectivity index (χ0) is 18.2. The van der Waals surface area contributed by atoms with Crippen LogP contribution >= 0.6 is 22.9 Å². The van der Waals surface area contributed by atoms with Crippen molar-refractivity contribution in [3.8, 4) is 0 Å². The molecule has 4 nitrogen and oxygen atoms in total. The van der Waals surface area contributed by atoms with Crippen LogP contribution in [0.15, 0.2) is 18.2 Å². The summed E-state index contributed by atoms with van der Waals surface area (Å²) in [5.41, 5.74) is 4.41. The van der Waals surface area contributed by atoms with Gasteiger partial charge in [-0.05, 0) is 18.1 Å². The maximum absolute atomic E-state index is 12.8. The number of carbonyl (C=O) groups is 2. The fraction of sp³-hybridized carbons (Fsp3) is 0.333. The Morgan fingerprint density at radius 1 is 1.29 bits per heavy atom. The van der Waals surface area contributed by atoms with E-state index in [2.05, 4.69) is 5.32 Å². The normalized spacial score (nSPS) is 13.3. The number of fused-ring (bicyclic) bond motifs is 1. The van der Waals surface area contributed by atoms with Crippen LogP contribution in [0.4, 0.5) is 13.2 Å². The fourth-order valence-corrected chi connectivity index (χ4v) is 3.62. The lowest BCUT2D eigenvalue weighted by Crippen LogP contribution is -2.47. The van der Waals surface area contributed by atoms with Crippen LogP contribution in [0, 0.1) is 5.92 Å². The number of hydrogen-bond donors (Lipinski definition) is 2. The van der Waals surface area contributed by atoms with Gasteiger partial charge in [-0.2, -0.15) is 13.2 Å².